The Labute approximate surface area is 110 Å². The molecular formula is C16H11NO2. The van der Waals surface area contributed by atoms with Crippen molar-refractivity contribution in [3.05, 3.63) is 66.5 Å². The summed E-state index contributed by atoms with van der Waals surface area (Å²) in [6.07, 6.45) is 3.00. The fourth-order valence-electron chi connectivity index (χ4n) is 2.25. The zero-order chi connectivity index (χ0) is 13.2. The topological polar surface area (TPSA) is 50.2 Å². The third-order valence-electron chi connectivity index (χ3n) is 3.13. The Morgan fingerprint density at radius 3 is 2.58 bits per heavy atom. The van der Waals surface area contributed by atoms with Gasteiger partial charge in [-0.3, -0.25) is 4.98 Å². The number of aromatic nitrogens is 1. The molecule has 3 nitrogen and oxygen atoms in total. The summed E-state index contributed by atoms with van der Waals surface area (Å²) < 4.78 is 0. The second-order valence-electron chi connectivity index (χ2n) is 4.25. The van der Waals surface area contributed by atoms with Crippen molar-refractivity contribution < 1.29 is 9.90 Å². The van der Waals surface area contributed by atoms with E-state index in [4.69, 9.17) is 0 Å². The lowest BCUT2D eigenvalue weighted by molar-refractivity contribution is 0.0697. The van der Waals surface area contributed by atoms with Crippen LogP contribution in [0.2, 0.25) is 0 Å². The summed E-state index contributed by atoms with van der Waals surface area (Å²) in [5, 5.41) is 9.25. The first-order valence-corrected chi connectivity index (χ1v) is 5.93. The van der Waals surface area contributed by atoms with Crippen molar-refractivity contribution in [2.24, 2.45) is 0 Å². The molecule has 0 saturated heterocycles. The number of pyridine rings is 1. The molecule has 1 N–H and O–H groups in total. The second kappa shape index (κ2) is 4.53. The molecule has 3 heteroatoms. The summed E-state index contributed by atoms with van der Waals surface area (Å²) >= 11 is 0. The van der Waals surface area contributed by atoms with Gasteiger partial charge in [-0.1, -0.05) is 42.5 Å². The van der Waals surface area contributed by atoms with E-state index in [-0.39, 0.29) is 5.56 Å². The van der Waals surface area contributed by atoms with E-state index in [1.165, 1.54) is 6.20 Å². The summed E-state index contributed by atoms with van der Waals surface area (Å²) in [6, 6.07) is 15.6. The zero-order valence-corrected chi connectivity index (χ0v) is 10.1. The van der Waals surface area contributed by atoms with Crippen LogP contribution in [0.5, 0.6) is 0 Å². The molecule has 1 aromatic heterocycles. The molecule has 0 bridgehead atoms. The van der Waals surface area contributed by atoms with E-state index in [1.807, 2.05) is 42.5 Å². The number of hydrogen-bond acceptors (Lipinski definition) is 2. The molecule has 0 radical (unpaired) electrons. The SMILES string of the molecule is O=C(O)c1cnccc1-c1ccc2cccccc1-2. The molecule has 92 valence electrons. The molecule has 1 aromatic rings. The largest absolute Gasteiger partial charge is 0.478 e. The van der Waals surface area contributed by atoms with Gasteiger partial charge in [0, 0.05) is 12.4 Å². The van der Waals surface area contributed by atoms with Gasteiger partial charge in [0.05, 0.1) is 5.56 Å². The first kappa shape index (κ1) is 11.4. The highest BCUT2D eigenvalue weighted by molar-refractivity contribution is 5.99. The predicted octanol–water partition coefficient (Wildman–Crippen LogP) is 3.55. The Kier molecular flexibility index (Phi) is 2.72. The average Bonchev–Trinajstić information content (AvgIpc) is 2.67. The number of hydrogen-bond donors (Lipinski definition) is 1. The molecule has 0 saturated carbocycles. The van der Waals surface area contributed by atoms with Gasteiger partial charge >= 0.3 is 5.97 Å². The standard InChI is InChI=1S/C16H11NO2/c18-16(19)15-10-17-9-8-14(15)13-7-6-11-4-2-1-3-5-12(11)13/h1-10H,(H,18,19). The van der Waals surface area contributed by atoms with Gasteiger partial charge in [-0.25, -0.2) is 4.79 Å². The van der Waals surface area contributed by atoms with Gasteiger partial charge in [0.2, 0.25) is 0 Å². The molecule has 0 amide bonds. The number of fused-ring (bicyclic) bond motifs is 1. The van der Waals surface area contributed by atoms with Gasteiger partial charge in [-0.2, -0.15) is 0 Å². The number of carboxylic acids is 1. The molecule has 19 heavy (non-hydrogen) atoms. The third-order valence-corrected chi connectivity index (χ3v) is 3.13. The summed E-state index contributed by atoms with van der Waals surface area (Å²) in [5.74, 6) is -0.960. The highest BCUT2D eigenvalue weighted by atomic mass is 16.4. The smallest absolute Gasteiger partial charge is 0.337 e. The van der Waals surface area contributed by atoms with Crippen LogP contribution in [0.25, 0.3) is 22.3 Å². The fraction of sp³-hybridized carbons (Fsp3) is 0. The van der Waals surface area contributed by atoms with Crippen LogP contribution >= 0.6 is 0 Å². The van der Waals surface area contributed by atoms with Crippen molar-refractivity contribution >= 4 is 5.97 Å². The highest BCUT2D eigenvalue weighted by Gasteiger charge is 2.16. The van der Waals surface area contributed by atoms with Crippen LogP contribution in [0.3, 0.4) is 0 Å². The number of carboxylic acid groups (broad SMARTS) is 1. The molecule has 0 aliphatic heterocycles. The van der Waals surface area contributed by atoms with E-state index in [2.05, 4.69) is 4.98 Å². The minimum absolute atomic E-state index is 0.224. The summed E-state index contributed by atoms with van der Waals surface area (Å²) in [6.45, 7) is 0. The zero-order valence-electron chi connectivity index (χ0n) is 10.1. The Bertz CT molecular complexity index is 721. The van der Waals surface area contributed by atoms with Crippen molar-refractivity contribution in [1.82, 2.24) is 4.98 Å². The summed E-state index contributed by atoms with van der Waals surface area (Å²) in [7, 11) is 0. The lowest BCUT2D eigenvalue weighted by atomic mass is 9.99. The molecular weight excluding hydrogens is 238 g/mol. The van der Waals surface area contributed by atoms with Gasteiger partial charge in [-0.05, 0) is 28.3 Å². The van der Waals surface area contributed by atoms with Crippen LogP contribution in [0.15, 0.2) is 60.9 Å². The van der Waals surface area contributed by atoms with Gasteiger partial charge in [0.1, 0.15) is 0 Å². The van der Waals surface area contributed by atoms with Crippen LogP contribution in [0.1, 0.15) is 10.4 Å². The Balaban J connectivity index is 2.25. The number of nitrogens with zero attached hydrogens (tertiary/aromatic N) is 1. The minimum atomic E-state index is -0.960. The Hall–Kier alpha value is -2.68. The molecule has 2 aliphatic rings. The van der Waals surface area contributed by atoms with E-state index in [0.717, 1.165) is 16.7 Å². The molecule has 0 fully saturated rings. The fourth-order valence-corrected chi connectivity index (χ4v) is 2.25. The van der Waals surface area contributed by atoms with Crippen LogP contribution in [0, 0.1) is 0 Å². The highest BCUT2D eigenvalue weighted by Crippen LogP contribution is 2.36. The monoisotopic (exact) mass is 249 g/mol. The van der Waals surface area contributed by atoms with E-state index in [0.29, 0.717) is 5.56 Å². The van der Waals surface area contributed by atoms with Crippen molar-refractivity contribution in [3.8, 4) is 22.3 Å². The van der Waals surface area contributed by atoms with E-state index in [9.17, 15) is 9.90 Å². The number of aromatic carboxylic acids is 1. The van der Waals surface area contributed by atoms with Gasteiger partial charge in [0.15, 0.2) is 0 Å². The van der Waals surface area contributed by atoms with Gasteiger partial charge in [0.25, 0.3) is 0 Å². The Morgan fingerprint density at radius 2 is 1.74 bits per heavy atom. The van der Waals surface area contributed by atoms with Crippen LogP contribution in [0.4, 0.5) is 0 Å². The molecule has 0 aromatic carbocycles. The third kappa shape index (κ3) is 1.95. The minimum Gasteiger partial charge on any atom is -0.478 e. The maximum atomic E-state index is 11.3. The van der Waals surface area contributed by atoms with Crippen LogP contribution in [-0.4, -0.2) is 16.1 Å². The normalized spacial score (nSPS) is 10.5. The van der Waals surface area contributed by atoms with Crippen molar-refractivity contribution in [1.29, 1.82) is 0 Å². The maximum Gasteiger partial charge on any atom is 0.337 e. The van der Waals surface area contributed by atoms with E-state index < -0.39 is 5.97 Å². The lowest BCUT2D eigenvalue weighted by Crippen LogP contribution is -2.00. The van der Waals surface area contributed by atoms with Crippen molar-refractivity contribution in [2.75, 3.05) is 0 Å². The maximum absolute atomic E-state index is 11.3. The first-order chi connectivity index (χ1) is 9.27. The van der Waals surface area contributed by atoms with E-state index >= 15 is 0 Å². The van der Waals surface area contributed by atoms with Crippen LogP contribution in [-0.2, 0) is 0 Å². The van der Waals surface area contributed by atoms with Crippen molar-refractivity contribution in [2.45, 2.75) is 0 Å². The molecule has 0 atom stereocenters. The first-order valence-electron chi connectivity index (χ1n) is 5.93. The van der Waals surface area contributed by atoms with E-state index in [1.54, 1.807) is 12.3 Å². The summed E-state index contributed by atoms with van der Waals surface area (Å²) in [4.78, 5) is 15.2. The molecule has 1 heterocycles. The molecule has 0 unspecified atom stereocenters. The predicted molar refractivity (Wildman–Crippen MR) is 73.3 cm³/mol. The van der Waals surface area contributed by atoms with Gasteiger partial charge in [-0.15, -0.1) is 0 Å². The average molecular weight is 249 g/mol. The van der Waals surface area contributed by atoms with Gasteiger partial charge < -0.3 is 5.11 Å². The van der Waals surface area contributed by atoms with Crippen molar-refractivity contribution in [3.63, 3.8) is 0 Å². The Morgan fingerprint density at radius 1 is 0.895 bits per heavy atom. The number of rotatable bonds is 2. The quantitative estimate of drug-likeness (QED) is 0.755. The lowest BCUT2D eigenvalue weighted by Gasteiger charge is -2.05. The molecule has 2 aliphatic carbocycles. The van der Waals surface area contributed by atoms with Crippen LogP contribution < -0.4 is 0 Å². The summed E-state index contributed by atoms with van der Waals surface area (Å²) in [5.41, 5.74) is 3.98. The molecule has 0 spiro atoms. The second-order valence-corrected chi connectivity index (χ2v) is 4.25. The number of carbonyl (C=O) groups is 1. The molecule has 3 rings (SSSR count).